The van der Waals surface area contributed by atoms with Gasteiger partial charge in [0.15, 0.2) is 0 Å². The molecule has 6 heteroatoms. The summed E-state index contributed by atoms with van der Waals surface area (Å²) < 4.78 is 5.80. The maximum Gasteiger partial charge on any atom is 0.255 e. The van der Waals surface area contributed by atoms with E-state index in [9.17, 15) is 9.59 Å². The summed E-state index contributed by atoms with van der Waals surface area (Å²) >= 11 is 0. The van der Waals surface area contributed by atoms with Gasteiger partial charge in [-0.3, -0.25) is 9.59 Å². The number of hydrogen-bond donors (Lipinski definition) is 1. The van der Waals surface area contributed by atoms with Gasteiger partial charge in [0.05, 0.1) is 12.1 Å². The van der Waals surface area contributed by atoms with Crippen molar-refractivity contribution in [3.05, 3.63) is 60.2 Å². The van der Waals surface area contributed by atoms with Crippen molar-refractivity contribution in [2.45, 2.75) is 0 Å². The molecule has 0 saturated carbocycles. The van der Waals surface area contributed by atoms with Crippen molar-refractivity contribution >= 4 is 11.8 Å². The van der Waals surface area contributed by atoms with Crippen molar-refractivity contribution in [3.8, 4) is 11.5 Å². The number of ether oxygens (including phenoxy) is 1. The van der Waals surface area contributed by atoms with Crippen LogP contribution in [0.3, 0.4) is 0 Å². The summed E-state index contributed by atoms with van der Waals surface area (Å²) in [6.07, 6.45) is 0. The molecule has 1 fully saturated rings. The molecule has 2 amide bonds. The van der Waals surface area contributed by atoms with Gasteiger partial charge in [0.2, 0.25) is 5.91 Å². The number of carbonyl (C=O) groups is 2. The Bertz CT molecular complexity index is 756. The zero-order chi connectivity index (χ0) is 18.4. The van der Waals surface area contributed by atoms with E-state index < -0.39 is 0 Å². The normalized spacial score (nSPS) is 14.7. The highest BCUT2D eigenvalue weighted by Gasteiger charge is 2.20. The molecule has 26 heavy (non-hydrogen) atoms. The molecule has 0 aliphatic carbocycles. The highest BCUT2D eigenvalue weighted by Crippen LogP contribution is 2.24. The van der Waals surface area contributed by atoms with Crippen LogP contribution in [-0.2, 0) is 4.79 Å². The Morgan fingerprint density at radius 2 is 1.62 bits per heavy atom. The number of hydrogen-bond acceptors (Lipinski definition) is 4. The van der Waals surface area contributed by atoms with Gasteiger partial charge in [-0.05, 0) is 31.3 Å². The Kier molecular flexibility index (Phi) is 5.86. The van der Waals surface area contributed by atoms with E-state index in [1.807, 2.05) is 43.4 Å². The fourth-order valence-electron chi connectivity index (χ4n) is 2.78. The third-order valence-corrected chi connectivity index (χ3v) is 4.36. The first-order valence-electron chi connectivity index (χ1n) is 8.70. The van der Waals surface area contributed by atoms with Crippen LogP contribution in [0, 0.1) is 0 Å². The third kappa shape index (κ3) is 4.61. The highest BCUT2D eigenvalue weighted by molar-refractivity contribution is 5.98. The number of nitrogens with zero attached hydrogens (tertiary/aromatic N) is 2. The van der Waals surface area contributed by atoms with Crippen LogP contribution in [0.4, 0.5) is 0 Å². The quantitative estimate of drug-likeness (QED) is 0.893. The molecule has 136 valence electrons. The number of carbonyl (C=O) groups excluding carboxylic acids is 2. The molecule has 0 unspecified atom stereocenters. The highest BCUT2D eigenvalue weighted by atomic mass is 16.5. The largest absolute Gasteiger partial charge is 0.457 e. The molecule has 0 atom stereocenters. The Balaban J connectivity index is 1.60. The van der Waals surface area contributed by atoms with E-state index in [2.05, 4.69) is 10.2 Å². The van der Waals surface area contributed by atoms with Crippen molar-refractivity contribution in [2.24, 2.45) is 0 Å². The smallest absolute Gasteiger partial charge is 0.255 e. The first-order chi connectivity index (χ1) is 12.6. The zero-order valence-corrected chi connectivity index (χ0v) is 14.9. The fraction of sp³-hybridized carbons (Fsp3) is 0.300. The third-order valence-electron chi connectivity index (χ3n) is 4.36. The molecule has 0 radical (unpaired) electrons. The molecule has 1 saturated heterocycles. The van der Waals surface area contributed by atoms with Crippen molar-refractivity contribution in [2.75, 3.05) is 39.8 Å². The summed E-state index contributed by atoms with van der Waals surface area (Å²) in [5.74, 6) is 0.733. The lowest BCUT2D eigenvalue weighted by Crippen LogP contribution is -2.50. The molecule has 0 aromatic heterocycles. The molecule has 2 aromatic carbocycles. The number of likely N-dealkylation sites (N-methyl/N-ethyl adjacent to an activating group) is 1. The minimum atomic E-state index is -0.320. The van der Waals surface area contributed by atoms with E-state index in [1.54, 1.807) is 23.1 Å². The monoisotopic (exact) mass is 353 g/mol. The molecule has 0 spiro atoms. The number of benzene rings is 2. The first kappa shape index (κ1) is 17.9. The Morgan fingerprint density at radius 1 is 0.962 bits per heavy atom. The van der Waals surface area contributed by atoms with Crippen molar-refractivity contribution in [1.82, 2.24) is 15.1 Å². The summed E-state index contributed by atoms with van der Waals surface area (Å²) in [4.78, 5) is 28.8. The molecule has 1 aliphatic heterocycles. The lowest BCUT2D eigenvalue weighted by molar-refractivity contribution is -0.131. The van der Waals surface area contributed by atoms with E-state index in [-0.39, 0.29) is 18.4 Å². The lowest BCUT2D eigenvalue weighted by Gasteiger charge is -2.32. The van der Waals surface area contributed by atoms with Crippen molar-refractivity contribution in [1.29, 1.82) is 0 Å². The molecule has 6 nitrogen and oxygen atoms in total. The van der Waals surface area contributed by atoms with Crippen LogP contribution in [0.25, 0.3) is 0 Å². The molecule has 0 bridgehead atoms. The van der Waals surface area contributed by atoms with E-state index in [0.29, 0.717) is 30.2 Å². The van der Waals surface area contributed by atoms with Crippen LogP contribution in [0.2, 0.25) is 0 Å². The molecule has 1 aliphatic rings. The summed E-state index contributed by atoms with van der Waals surface area (Å²) in [6, 6.07) is 16.3. The Hall–Kier alpha value is -2.86. The predicted octanol–water partition coefficient (Wildman–Crippen LogP) is 1.98. The number of nitrogens with one attached hydrogen (secondary N) is 1. The van der Waals surface area contributed by atoms with Gasteiger partial charge in [-0.25, -0.2) is 0 Å². The topological polar surface area (TPSA) is 61.9 Å². The summed E-state index contributed by atoms with van der Waals surface area (Å²) in [6.45, 7) is 3.08. The maximum atomic E-state index is 12.5. The van der Waals surface area contributed by atoms with Gasteiger partial charge in [0, 0.05) is 26.2 Å². The van der Waals surface area contributed by atoms with E-state index in [4.69, 9.17) is 4.74 Å². The second-order valence-corrected chi connectivity index (χ2v) is 6.28. The van der Waals surface area contributed by atoms with Gasteiger partial charge in [-0.1, -0.05) is 30.3 Å². The summed E-state index contributed by atoms with van der Waals surface area (Å²) in [7, 11) is 2.03. The summed E-state index contributed by atoms with van der Waals surface area (Å²) in [5, 5.41) is 2.71. The fourth-order valence-corrected chi connectivity index (χ4v) is 2.78. The average molecular weight is 353 g/mol. The second kappa shape index (κ2) is 8.49. The molecule has 3 rings (SSSR count). The van der Waals surface area contributed by atoms with Gasteiger partial charge in [-0.15, -0.1) is 0 Å². The number of amides is 2. The van der Waals surface area contributed by atoms with Crippen LogP contribution < -0.4 is 10.1 Å². The summed E-state index contributed by atoms with van der Waals surface area (Å²) in [5.41, 5.74) is 0.405. The van der Waals surface area contributed by atoms with Crippen LogP contribution in [0.1, 0.15) is 10.4 Å². The number of piperazine rings is 1. The average Bonchev–Trinajstić information content (AvgIpc) is 2.67. The maximum absolute atomic E-state index is 12.5. The van der Waals surface area contributed by atoms with Crippen LogP contribution in [0.5, 0.6) is 11.5 Å². The first-order valence-corrected chi connectivity index (χ1v) is 8.70. The zero-order valence-electron chi connectivity index (χ0n) is 14.9. The minimum Gasteiger partial charge on any atom is -0.457 e. The predicted molar refractivity (Wildman–Crippen MR) is 99.4 cm³/mol. The van der Waals surface area contributed by atoms with Crippen molar-refractivity contribution in [3.63, 3.8) is 0 Å². The van der Waals surface area contributed by atoms with E-state index in [0.717, 1.165) is 13.1 Å². The van der Waals surface area contributed by atoms with Gasteiger partial charge < -0.3 is 19.9 Å². The molecular formula is C20H23N3O3. The molecule has 1 N–H and O–H groups in total. The second-order valence-electron chi connectivity index (χ2n) is 6.28. The lowest BCUT2D eigenvalue weighted by atomic mass is 10.2. The van der Waals surface area contributed by atoms with Gasteiger partial charge in [0.1, 0.15) is 11.5 Å². The minimum absolute atomic E-state index is 0.0117. The molecular weight excluding hydrogens is 330 g/mol. The van der Waals surface area contributed by atoms with Gasteiger partial charge >= 0.3 is 0 Å². The molecule has 1 heterocycles. The Morgan fingerprint density at radius 3 is 2.35 bits per heavy atom. The van der Waals surface area contributed by atoms with Gasteiger partial charge in [0.25, 0.3) is 5.91 Å². The SMILES string of the molecule is CN1CCN(C(=O)CNC(=O)c2ccccc2Oc2ccccc2)CC1. The van der Waals surface area contributed by atoms with Crippen molar-refractivity contribution < 1.29 is 14.3 Å². The van der Waals surface area contributed by atoms with Crippen LogP contribution in [-0.4, -0.2) is 61.4 Å². The standard InChI is InChI=1S/C20H23N3O3/c1-22-11-13-23(14-12-22)19(24)15-21-20(25)17-9-5-6-10-18(17)26-16-7-3-2-4-8-16/h2-10H,11-15H2,1H3,(H,21,25). The van der Waals surface area contributed by atoms with Gasteiger partial charge in [-0.2, -0.15) is 0 Å². The number of rotatable bonds is 5. The number of para-hydroxylation sites is 2. The van der Waals surface area contributed by atoms with Crippen LogP contribution >= 0.6 is 0 Å². The van der Waals surface area contributed by atoms with Crippen LogP contribution in [0.15, 0.2) is 54.6 Å². The van der Waals surface area contributed by atoms with E-state index in [1.165, 1.54) is 0 Å². The van der Waals surface area contributed by atoms with E-state index >= 15 is 0 Å². The Labute approximate surface area is 153 Å². The molecule has 2 aromatic rings.